The van der Waals surface area contributed by atoms with Crippen LogP contribution in [0.2, 0.25) is 0 Å². The minimum Gasteiger partial charge on any atom is -0.507 e. The topological polar surface area (TPSA) is 136 Å². The van der Waals surface area contributed by atoms with Crippen LogP contribution in [0.5, 0.6) is 5.75 Å². The maximum Gasteiger partial charge on any atom is 0.337 e. The quantitative estimate of drug-likeness (QED) is 0.444. The molecule has 0 amide bonds. The number of hydrogen-bond acceptors (Lipinski definition) is 7. The molecule has 1 fully saturated rings. The van der Waals surface area contributed by atoms with E-state index in [9.17, 15) is 24.6 Å². The Labute approximate surface area is 183 Å². The van der Waals surface area contributed by atoms with Crippen molar-refractivity contribution in [1.82, 2.24) is 20.2 Å². The first-order chi connectivity index (χ1) is 15.2. The number of carboxylic acids is 1. The number of nitrogens with one attached hydrogen (secondary N) is 2. The molecular weight excluding hydrogens is 412 g/mol. The molecule has 0 bridgehead atoms. The minimum absolute atomic E-state index is 0.0133. The summed E-state index contributed by atoms with van der Waals surface area (Å²) in [6.07, 6.45) is 5.68. The zero-order chi connectivity index (χ0) is 23.2. The molecule has 0 unspecified atom stereocenters. The van der Waals surface area contributed by atoms with Crippen molar-refractivity contribution in [2.24, 2.45) is 0 Å². The van der Waals surface area contributed by atoms with Gasteiger partial charge in [0, 0.05) is 23.8 Å². The third-order valence-corrected chi connectivity index (χ3v) is 6.41. The van der Waals surface area contributed by atoms with Gasteiger partial charge in [-0.3, -0.25) is 9.59 Å². The molecule has 0 aliphatic heterocycles. The Balaban J connectivity index is 1.87. The second-order valence-electron chi connectivity index (χ2n) is 8.60. The van der Waals surface area contributed by atoms with E-state index >= 15 is 0 Å². The largest absolute Gasteiger partial charge is 0.507 e. The molecule has 4 rings (SSSR count). The van der Waals surface area contributed by atoms with Gasteiger partial charge in [-0.1, -0.05) is 0 Å². The zero-order valence-corrected chi connectivity index (χ0v) is 18.2. The SMILES string of the molecule is Cc1c(O)c(=CNC2CCC(N(C)C)CC2)c2nc3c(=O)ccc(C(=O)O)c3[nH]c2c1=O. The Morgan fingerprint density at radius 3 is 2.47 bits per heavy atom. The second-order valence-corrected chi connectivity index (χ2v) is 8.60. The van der Waals surface area contributed by atoms with Crippen molar-refractivity contribution in [3.63, 3.8) is 0 Å². The second kappa shape index (κ2) is 8.23. The van der Waals surface area contributed by atoms with Gasteiger partial charge in [0.1, 0.15) is 22.3 Å². The standard InChI is InChI=1S/C23H26N4O5/c1-11-21(29)15(10-24-12-4-6-13(7-5-12)27(2)3)18-20(22(11)30)26-17-14(23(31)32)8-9-16(28)19(17)25-18/h8-10,12-13,24,26,29H,4-7H2,1-3H3,(H,31,32). The van der Waals surface area contributed by atoms with Gasteiger partial charge in [-0.2, -0.15) is 0 Å². The fourth-order valence-corrected chi connectivity index (χ4v) is 4.40. The molecule has 1 saturated carbocycles. The number of fused-ring (bicyclic) bond motifs is 2. The van der Waals surface area contributed by atoms with E-state index in [1.807, 2.05) is 0 Å². The number of nitrogens with zero attached hydrogens (tertiary/aromatic N) is 2. The molecule has 2 aromatic carbocycles. The number of carboxylic acid groups (broad SMARTS) is 1. The number of phenolic OH excluding ortho intramolecular Hbond substituents is 1. The molecule has 4 N–H and O–H groups in total. The number of phenols is 1. The van der Waals surface area contributed by atoms with Gasteiger partial charge in [0.2, 0.25) is 10.9 Å². The monoisotopic (exact) mass is 438 g/mol. The van der Waals surface area contributed by atoms with E-state index in [1.54, 1.807) is 6.20 Å². The Morgan fingerprint density at radius 2 is 1.84 bits per heavy atom. The van der Waals surface area contributed by atoms with Gasteiger partial charge in [-0.25, -0.2) is 9.78 Å². The molecule has 9 nitrogen and oxygen atoms in total. The van der Waals surface area contributed by atoms with Crippen LogP contribution < -0.4 is 21.4 Å². The van der Waals surface area contributed by atoms with Crippen LogP contribution in [0.1, 0.15) is 41.6 Å². The zero-order valence-electron chi connectivity index (χ0n) is 18.2. The summed E-state index contributed by atoms with van der Waals surface area (Å²) in [6, 6.07) is 3.08. The Hall–Kier alpha value is -3.46. The Bertz CT molecular complexity index is 1390. The molecule has 3 aromatic rings. The van der Waals surface area contributed by atoms with Crippen LogP contribution >= 0.6 is 0 Å². The van der Waals surface area contributed by atoms with Gasteiger partial charge in [0.05, 0.1) is 16.3 Å². The van der Waals surface area contributed by atoms with Crippen LogP contribution in [0.4, 0.5) is 0 Å². The normalized spacial score (nSPS) is 19.7. The average Bonchev–Trinajstić information content (AvgIpc) is 2.77. The van der Waals surface area contributed by atoms with Crippen LogP contribution in [0.25, 0.3) is 28.3 Å². The number of aromatic amines is 1. The van der Waals surface area contributed by atoms with Gasteiger partial charge in [0.15, 0.2) is 0 Å². The molecule has 168 valence electrons. The highest BCUT2D eigenvalue weighted by atomic mass is 16.4. The first-order valence-corrected chi connectivity index (χ1v) is 10.6. The van der Waals surface area contributed by atoms with Crippen molar-refractivity contribution >= 4 is 34.2 Å². The molecule has 0 radical (unpaired) electrons. The lowest BCUT2D eigenvalue weighted by atomic mass is 9.90. The first-order valence-electron chi connectivity index (χ1n) is 10.6. The van der Waals surface area contributed by atoms with Gasteiger partial charge in [-0.05, 0) is 58.8 Å². The number of hydrogen-bond donors (Lipinski definition) is 4. The third-order valence-electron chi connectivity index (χ3n) is 6.41. The number of H-pyrrole nitrogens is 1. The highest BCUT2D eigenvalue weighted by Gasteiger charge is 2.22. The van der Waals surface area contributed by atoms with E-state index < -0.39 is 16.8 Å². The molecular formula is C23H26N4O5. The van der Waals surface area contributed by atoms with Gasteiger partial charge in [0.25, 0.3) is 0 Å². The first kappa shape index (κ1) is 21.8. The maximum atomic E-state index is 12.8. The Morgan fingerprint density at radius 1 is 1.16 bits per heavy atom. The lowest BCUT2D eigenvalue weighted by molar-refractivity contribution is 0.0699. The molecule has 0 saturated heterocycles. The van der Waals surface area contributed by atoms with Crippen molar-refractivity contribution in [1.29, 1.82) is 0 Å². The summed E-state index contributed by atoms with van der Waals surface area (Å²) in [5.74, 6) is -1.45. The summed E-state index contributed by atoms with van der Waals surface area (Å²) in [5.41, 5.74) is -0.943. The molecule has 1 aliphatic carbocycles. The smallest absolute Gasteiger partial charge is 0.337 e. The fourth-order valence-electron chi connectivity index (χ4n) is 4.40. The highest BCUT2D eigenvalue weighted by molar-refractivity contribution is 6.02. The van der Waals surface area contributed by atoms with Crippen LogP contribution in [0.3, 0.4) is 0 Å². The lowest BCUT2D eigenvalue weighted by Gasteiger charge is -2.32. The summed E-state index contributed by atoms with van der Waals surface area (Å²) >= 11 is 0. The van der Waals surface area contributed by atoms with Gasteiger partial charge >= 0.3 is 5.97 Å². The van der Waals surface area contributed by atoms with Crippen LogP contribution in [0.15, 0.2) is 21.7 Å². The van der Waals surface area contributed by atoms with Crippen molar-refractivity contribution < 1.29 is 15.0 Å². The van der Waals surface area contributed by atoms with Gasteiger partial charge in [-0.15, -0.1) is 0 Å². The van der Waals surface area contributed by atoms with Crippen LogP contribution in [-0.4, -0.2) is 57.2 Å². The van der Waals surface area contributed by atoms with E-state index in [-0.39, 0.29) is 45.0 Å². The maximum absolute atomic E-state index is 12.8. The fraction of sp³-hybridized carbons (Fsp3) is 0.391. The molecule has 1 aliphatic rings. The van der Waals surface area contributed by atoms with Crippen LogP contribution in [0, 0.1) is 6.92 Å². The van der Waals surface area contributed by atoms with E-state index in [0.29, 0.717) is 11.3 Å². The van der Waals surface area contributed by atoms with E-state index in [1.165, 1.54) is 13.0 Å². The third kappa shape index (κ3) is 3.69. The van der Waals surface area contributed by atoms with E-state index in [0.717, 1.165) is 31.7 Å². The predicted octanol–water partition coefficient (Wildman–Crippen LogP) is 1.07. The van der Waals surface area contributed by atoms with Crippen molar-refractivity contribution in [2.75, 3.05) is 14.1 Å². The number of aromatic carboxylic acids is 1. The Kier molecular flexibility index (Phi) is 5.60. The number of benzene rings is 2. The summed E-state index contributed by atoms with van der Waals surface area (Å²) < 4.78 is 0. The number of rotatable bonds is 4. The molecule has 1 heterocycles. The molecule has 0 atom stereocenters. The summed E-state index contributed by atoms with van der Waals surface area (Å²) in [4.78, 5) is 46.2. The predicted molar refractivity (Wildman–Crippen MR) is 122 cm³/mol. The molecule has 0 spiro atoms. The molecule has 1 aromatic heterocycles. The van der Waals surface area contributed by atoms with Crippen LogP contribution in [-0.2, 0) is 0 Å². The minimum atomic E-state index is -1.24. The molecule has 9 heteroatoms. The van der Waals surface area contributed by atoms with Gasteiger partial charge < -0.3 is 25.4 Å². The number of aromatic hydroxyl groups is 1. The number of aromatic nitrogens is 2. The summed E-state index contributed by atoms with van der Waals surface area (Å²) in [7, 11) is 4.16. The molecule has 32 heavy (non-hydrogen) atoms. The van der Waals surface area contributed by atoms with Crippen molar-refractivity contribution in [3.05, 3.63) is 48.9 Å². The van der Waals surface area contributed by atoms with Crippen molar-refractivity contribution in [2.45, 2.75) is 44.7 Å². The summed E-state index contributed by atoms with van der Waals surface area (Å²) in [5, 5.41) is 23.8. The highest BCUT2D eigenvalue weighted by Crippen LogP contribution is 2.22. The van der Waals surface area contributed by atoms with Crippen molar-refractivity contribution in [3.8, 4) is 5.75 Å². The average molecular weight is 438 g/mol. The van der Waals surface area contributed by atoms with E-state index in [4.69, 9.17) is 0 Å². The van der Waals surface area contributed by atoms with E-state index in [2.05, 4.69) is 34.3 Å². The summed E-state index contributed by atoms with van der Waals surface area (Å²) in [6.45, 7) is 1.50. The number of carbonyl (C=O) groups is 1. The lowest BCUT2D eigenvalue weighted by Crippen LogP contribution is -2.38.